The molecule has 1 aromatic carbocycles. The molecule has 2 atom stereocenters. The van der Waals surface area contributed by atoms with E-state index >= 15 is 0 Å². The first-order chi connectivity index (χ1) is 12.1. The third-order valence-electron chi connectivity index (χ3n) is 5.19. The molecule has 2 saturated heterocycles. The van der Waals surface area contributed by atoms with Crippen LogP contribution >= 0.6 is 0 Å². The Morgan fingerprint density at radius 2 is 2.04 bits per heavy atom. The number of benzene rings is 1. The highest BCUT2D eigenvalue weighted by Gasteiger charge is 2.34. The average molecular weight is 347 g/mol. The van der Waals surface area contributed by atoms with Crippen LogP contribution < -0.4 is 10.1 Å². The van der Waals surface area contributed by atoms with Crippen molar-refractivity contribution in [3.05, 3.63) is 23.8 Å². The highest BCUT2D eigenvalue weighted by atomic mass is 16.5. The van der Waals surface area contributed by atoms with Gasteiger partial charge in [0.05, 0.1) is 7.11 Å². The van der Waals surface area contributed by atoms with Gasteiger partial charge in [0.25, 0.3) is 0 Å². The second-order valence-electron chi connectivity index (χ2n) is 7.07. The first-order valence-electron chi connectivity index (χ1n) is 9.23. The summed E-state index contributed by atoms with van der Waals surface area (Å²) in [6, 6.07) is 5.29. The van der Waals surface area contributed by atoms with Crippen molar-refractivity contribution in [3.63, 3.8) is 0 Å². The molecular weight excluding hydrogens is 318 g/mol. The van der Waals surface area contributed by atoms with E-state index in [9.17, 15) is 9.90 Å². The van der Waals surface area contributed by atoms with Gasteiger partial charge in [-0.25, -0.2) is 0 Å². The standard InChI is InChI=1S/C19H29N3O3/c1-14-13-22(11-8-20-14)18(19(24)21-9-4-3-5-10-21)15-6-7-16(23)17(12-15)25-2/h6-7,12,14,18,20,23H,3-5,8-11,13H2,1-2H3. The van der Waals surface area contributed by atoms with E-state index in [1.165, 1.54) is 13.5 Å². The maximum Gasteiger partial charge on any atom is 0.244 e. The van der Waals surface area contributed by atoms with Gasteiger partial charge in [-0.05, 0) is 43.9 Å². The number of carbonyl (C=O) groups excluding carboxylic acids is 1. The number of amides is 1. The fourth-order valence-electron chi connectivity index (χ4n) is 3.86. The molecule has 1 aromatic rings. The van der Waals surface area contributed by atoms with Gasteiger partial charge in [-0.3, -0.25) is 9.69 Å². The van der Waals surface area contributed by atoms with Gasteiger partial charge in [0.15, 0.2) is 11.5 Å². The van der Waals surface area contributed by atoms with E-state index in [-0.39, 0.29) is 17.7 Å². The van der Waals surface area contributed by atoms with Crippen LogP contribution in [-0.4, -0.2) is 66.7 Å². The Hall–Kier alpha value is -1.79. The smallest absolute Gasteiger partial charge is 0.244 e. The number of ether oxygens (including phenoxy) is 1. The Labute approximate surface area is 149 Å². The zero-order chi connectivity index (χ0) is 17.8. The summed E-state index contributed by atoms with van der Waals surface area (Å²) in [7, 11) is 1.53. The van der Waals surface area contributed by atoms with E-state index in [0.29, 0.717) is 11.8 Å². The largest absolute Gasteiger partial charge is 0.504 e. The fraction of sp³-hybridized carbons (Fsp3) is 0.632. The molecular formula is C19H29N3O3. The summed E-state index contributed by atoms with van der Waals surface area (Å²) >= 11 is 0. The quantitative estimate of drug-likeness (QED) is 0.869. The minimum Gasteiger partial charge on any atom is -0.504 e. The number of phenolic OH excluding ortho intramolecular Hbond substituents is 1. The first-order valence-corrected chi connectivity index (χ1v) is 9.23. The first kappa shape index (κ1) is 18.0. The lowest BCUT2D eigenvalue weighted by molar-refractivity contribution is -0.138. The molecule has 1 amide bonds. The number of rotatable bonds is 4. The molecule has 2 aliphatic rings. The van der Waals surface area contributed by atoms with Gasteiger partial charge in [-0.2, -0.15) is 0 Å². The molecule has 0 aliphatic carbocycles. The van der Waals surface area contributed by atoms with Gasteiger partial charge in [0.1, 0.15) is 6.04 Å². The number of piperazine rings is 1. The molecule has 0 aromatic heterocycles. The van der Waals surface area contributed by atoms with Gasteiger partial charge in [0.2, 0.25) is 5.91 Å². The maximum absolute atomic E-state index is 13.3. The lowest BCUT2D eigenvalue weighted by Crippen LogP contribution is -2.54. The molecule has 2 heterocycles. The summed E-state index contributed by atoms with van der Waals surface area (Å²) in [4.78, 5) is 17.6. The number of nitrogens with one attached hydrogen (secondary N) is 1. The van der Waals surface area contributed by atoms with Crippen LogP contribution in [0.15, 0.2) is 18.2 Å². The SMILES string of the molecule is COc1cc(C(C(=O)N2CCCCC2)N2CCNC(C)C2)ccc1O. The number of aromatic hydroxyl groups is 1. The van der Waals surface area contributed by atoms with Crippen molar-refractivity contribution in [3.8, 4) is 11.5 Å². The minimum absolute atomic E-state index is 0.101. The monoisotopic (exact) mass is 347 g/mol. The van der Waals surface area contributed by atoms with Crippen LogP contribution in [-0.2, 0) is 4.79 Å². The van der Waals surface area contributed by atoms with Gasteiger partial charge in [-0.15, -0.1) is 0 Å². The maximum atomic E-state index is 13.3. The van der Waals surface area contributed by atoms with Crippen LogP contribution in [0.25, 0.3) is 0 Å². The molecule has 6 heteroatoms. The van der Waals surface area contributed by atoms with Gasteiger partial charge in [-0.1, -0.05) is 6.07 Å². The number of phenols is 1. The molecule has 3 rings (SSSR count). The van der Waals surface area contributed by atoms with Gasteiger partial charge < -0.3 is 20.1 Å². The van der Waals surface area contributed by atoms with Crippen LogP contribution in [0.4, 0.5) is 0 Å². The highest BCUT2D eigenvalue weighted by molar-refractivity contribution is 5.83. The lowest BCUT2D eigenvalue weighted by atomic mass is 9.99. The lowest BCUT2D eigenvalue weighted by Gasteiger charge is -2.40. The predicted octanol–water partition coefficient (Wildman–Crippen LogP) is 1.75. The Balaban J connectivity index is 1.91. The van der Waals surface area contributed by atoms with Crippen LogP contribution in [0.3, 0.4) is 0 Å². The summed E-state index contributed by atoms with van der Waals surface area (Å²) in [6.45, 7) is 6.36. The second kappa shape index (κ2) is 8.06. The molecule has 6 nitrogen and oxygen atoms in total. The van der Waals surface area contributed by atoms with Crippen LogP contribution in [0, 0.1) is 0 Å². The summed E-state index contributed by atoms with van der Waals surface area (Å²) < 4.78 is 5.26. The molecule has 138 valence electrons. The van der Waals surface area contributed by atoms with Crippen molar-refractivity contribution in [1.82, 2.24) is 15.1 Å². The topological polar surface area (TPSA) is 65.0 Å². The van der Waals surface area contributed by atoms with Crippen molar-refractivity contribution in [2.75, 3.05) is 39.8 Å². The zero-order valence-corrected chi connectivity index (χ0v) is 15.2. The summed E-state index contributed by atoms with van der Waals surface area (Å²) in [6.07, 6.45) is 3.36. The fourth-order valence-corrected chi connectivity index (χ4v) is 3.86. The van der Waals surface area contributed by atoms with Gasteiger partial charge in [0, 0.05) is 38.8 Å². The normalized spacial score (nSPS) is 23.3. The number of nitrogens with zero attached hydrogens (tertiary/aromatic N) is 2. The van der Waals surface area contributed by atoms with E-state index in [4.69, 9.17) is 4.74 Å². The third-order valence-corrected chi connectivity index (χ3v) is 5.19. The Morgan fingerprint density at radius 3 is 2.72 bits per heavy atom. The van der Waals surface area contributed by atoms with Crippen molar-refractivity contribution in [2.24, 2.45) is 0 Å². The summed E-state index contributed by atoms with van der Waals surface area (Å²) in [5.41, 5.74) is 0.888. The van der Waals surface area contributed by atoms with Crippen LogP contribution in [0.5, 0.6) is 11.5 Å². The molecule has 2 aliphatic heterocycles. The molecule has 0 spiro atoms. The van der Waals surface area contributed by atoms with Crippen molar-refractivity contribution < 1.29 is 14.6 Å². The predicted molar refractivity (Wildman–Crippen MR) is 96.9 cm³/mol. The second-order valence-corrected chi connectivity index (χ2v) is 7.07. The molecule has 2 N–H and O–H groups in total. The Kier molecular flexibility index (Phi) is 5.81. The van der Waals surface area contributed by atoms with Crippen molar-refractivity contribution >= 4 is 5.91 Å². The number of likely N-dealkylation sites (tertiary alicyclic amines) is 1. The average Bonchev–Trinajstić information content (AvgIpc) is 2.64. The van der Waals surface area contributed by atoms with E-state index in [0.717, 1.165) is 51.1 Å². The summed E-state index contributed by atoms with van der Waals surface area (Å²) in [5, 5.41) is 13.3. The Morgan fingerprint density at radius 1 is 1.28 bits per heavy atom. The molecule has 0 saturated carbocycles. The van der Waals surface area contributed by atoms with E-state index in [2.05, 4.69) is 17.1 Å². The highest BCUT2D eigenvalue weighted by Crippen LogP contribution is 2.33. The van der Waals surface area contributed by atoms with Crippen LogP contribution in [0.2, 0.25) is 0 Å². The van der Waals surface area contributed by atoms with Crippen molar-refractivity contribution in [1.29, 1.82) is 0 Å². The molecule has 0 bridgehead atoms. The molecule has 0 radical (unpaired) electrons. The zero-order valence-electron chi connectivity index (χ0n) is 15.2. The number of carbonyl (C=O) groups is 1. The van der Waals surface area contributed by atoms with Crippen molar-refractivity contribution in [2.45, 2.75) is 38.3 Å². The van der Waals surface area contributed by atoms with E-state index in [1.54, 1.807) is 12.1 Å². The van der Waals surface area contributed by atoms with Gasteiger partial charge >= 0.3 is 0 Å². The number of hydrogen-bond acceptors (Lipinski definition) is 5. The number of methoxy groups -OCH3 is 1. The number of hydrogen-bond donors (Lipinski definition) is 2. The Bertz CT molecular complexity index is 602. The van der Waals surface area contributed by atoms with Crippen LogP contribution in [0.1, 0.15) is 37.8 Å². The van der Waals surface area contributed by atoms with E-state index < -0.39 is 0 Å². The number of piperidine rings is 1. The minimum atomic E-state index is -0.322. The molecule has 25 heavy (non-hydrogen) atoms. The third kappa shape index (κ3) is 4.07. The molecule has 2 fully saturated rings. The molecule has 2 unspecified atom stereocenters. The summed E-state index contributed by atoms with van der Waals surface area (Å²) in [5.74, 6) is 0.683. The van der Waals surface area contributed by atoms with E-state index in [1.807, 2.05) is 11.0 Å².